The Balaban J connectivity index is 1.40. The summed E-state index contributed by atoms with van der Waals surface area (Å²) in [6.07, 6.45) is 0.900. The number of halogens is 1. The molecule has 3 rings (SSSR count). The summed E-state index contributed by atoms with van der Waals surface area (Å²) in [4.78, 5) is 28.8. The quantitative estimate of drug-likeness (QED) is 0.775. The van der Waals surface area contributed by atoms with Gasteiger partial charge in [0, 0.05) is 25.1 Å². The Labute approximate surface area is 142 Å². The van der Waals surface area contributed by atoms with E-state index in [-0.39, 0.29) is 42.9 Å². The van der Waals surface area contributed by atoms with E-state index in [1.54, 1.807) is 24.3 Å². The smallest absolute Gasteiger partial charge is 0.287 e. The Bertz CT molecular complexity index is 789. The molecule has 0 bridgehead atoms. The molecule has 1 aromatic heterocycles. The third-order valence-corrected chi connectivity index (χ3v) is 3.57. The van der Waals surface area contributed by atoms with Gasteiger partial charge < -0.3 is 19.9 Å². The fourth-order valence-electron chi connectivity index (χ4n) is 2.33. The van der Waals surface area contributed by atoms with Gasteiger partial charge in [-0.2, -0.15) is 0 Å². The molecule has 25 heavy (non-hydrogen) atoms. The molecule has 0 radical (unpaired) electrons. The number of hydrogen-bond acceptors (Lipinski definition) is 5. The van der Waals surface area contributed by atoms with Crippen LogP contribution in [0.15, 0.2) is 52.2 Å². The number of hydrogen-bond donors (Lipinski definition) is 2. The van der Waals surface area contributed by atoms with Gasteiger partial charge in [-0.1, -0.05) is 17.3 Å². The first kappa shape index (κ1) is 16.7. The molecule has 0 saturated heterocycles. The summed E-state index contributed by atoms with van der Waals surface area (Å²) in [5, 5.41) is 9.11. The Morgan fingerprint density at radius 1 is 1.20 bits per heavy atom. The van der Waals surface area contributed by atoms with Gasteiger partial charge in [-0.05, 0) is 24.3 Å². The molecule has 130 valence electrons. The number of oxime groups is 1. The van der Waals surface area contributed by atoms with Crippen molar-refractivity contribution in [2.75, 3.05) is 13.1 Å². The molecule has 1 aliphatic heterocycles. The second-order valence-corrected chi connectivity index (χ2v) is 5.37. The van der Waals surface area contributed by atoms with E-state index in [4.69, 9.17) is 9.25 Å². The zero-order valence-corrected chi connectivity index (χ0v) is 13.2. The maximum absolute atomic E-state index is 13.2. The van der Waals surface area contributed by atoms with Crippen LogP contribution in [0, 0.1) is 5.82 Å². The largest absolute Gasteiger partial charge is 0.459 e. The van der Waals surface area contributed by atoms with Crippen molar-refractivity contribution in [2.45, 2.75) is 12.5 Å². The molecule has 2 heterocycles. The Hall–Kier alpha value is -3.16. The first-order chi connectivity index (χ1) is 12.1. The maximum atomic E-state index is 13.2. The van der Waals surface area contributed by atoms with Crippen molar-refractivity contribution < 1.29 is 23.2 Å². The van der Waals surface area contributed by atoms with Crippen LogP contribution in [0.1, 0.15) is 22.5 Å². The van der Waals surface area contributed by atoms with Gasteiger partial charge in [0.2, 0.25) is 6.10 Å². The predicted octanol–water partition coefficient (Wildman–Crippen LogP) is 1.46. The maximum Gasteiger partial charge on any atom is 0.287 e. The van der Waals surface area contributed by atoms with E-state index in [0.29, 0.717) is 11.3 Å². The van der Waals surface area contributed by atoms with Gasteiger partial charge in [0.15, 0.2) is 5.76 Å². The molecule has 1 aliphatic rings. The summed E-state index contributed by atoms with van der Waals surface area (Å²) in [5.74, 6) is -0.866. The fourth-order valence-corrected chi connectivity index (χ4v) is 2.33. The van der Waals surface area contributed by atoms with E-state index in [9.17, 15) is 14.0 Å². The summed E-state index contributed by atoms with van der Waals surface area (Å²) in [6.45, 7) is 0.482. The molecule has 1 atom stereocenters. The summed E-state index contributed by atoms with van der Waals surface area (Å²) in [6, 6.07) is 9.11. The lowest BCUT2D eigenvalue weighted by atomic mass is 10.0. The summed E-state index contributed by atoms with van der Waals surface area (Å²) in [5.41, 5.74) is 1.10. The number of nitrogens with one attached hydrogen (secondary N) is 2. The van der Waals surface area contributed by atoms with Gasteiger partial charge in [-0.15, -0.1) is 0 Å². The lowest BCUT2D eigenvalue weighted by Gasteiger charge is -2.09. The highest BCUT2D eigenvalue weighted by Crippen LogP contribution is 2.17. The second-order valence-electron chi connectivity index (χ2n) is 5.37. The van der Waals surface area contributed by atoms with E-state index in [2.05, 4.69) is 15.8 Å². The van der Waals surface area contributed by atoms with Crippen molar-refractivity contribution in [1.29, 1.82) is 0 Å². The SMILES string of the molecule is O=C(NCCNC(=O)C1CC(c2cccc(F)c2)=NO1)c1ccco1. The fraction of sp³-hybridized carbons (Fsp3) is 0.235. The first-order valence-electron chi connectivity index (χ1n) is 7.71. The highest BCUT2D eigenvalue weighted by atomic mass is 19.1. The minimum atomic E-state index is -0.765. The standard InChI is InChI=1S/C17H16FN3O4/c18-12-4-1-3-11(9-12)13-10-15(25-21-13)17(23)20-7-6-19-16(22)14-5-2-8-24-14/h1-5,8-9,15H,6-7,10H2,(H,19,22)(H,20,23). The van der Waals surface area contributed by atoms with Crippen LogP contribution >= 0.6 is 0 Å². The average Bonchev–Trinajstić information content (AvgIpc) is 3.30. The summed E-state index contributed by atoms with van der Waals surface area (Å²) < 4.78 is 18.2. The zero-order valence-electron chi connectivity index (χ0n) is 13.2. The number of amides is 2. The highest BCUT2D eigenvalue weighted by Gasteiger charge is 2.28. The van der Waals surface area contributed by atoms with E-state index in [1.807, 2.05) is 0 Å². The summed E-state index contributed by atoms with van der Waals surface area (Å²) >= 11 is 0. The van der Waals surface area contributed by atoms with E-state index >= 15 is 0 Å². The van der Waals surface area contributed by atoms with Crippen LogP contribution in [0.25, 0.3) is 0 Å². The van der Waals surface area contributed by atoms with E-state index in [0.717, 1.165) is 0 Å². The molecular weight excluding hydrogens is 329 g/mol. The molecule has 7 nitrogen and oxygen atoms in total. The van der Waals surface area contributed by atoms with Gasteiger partial charge in [0.25, 0.3) is 11.8 Å². The van der Waals surface area contributed by atoms with Crippen LogP contribution in [-0.2, 0) is 9.63 Å². The lowest BCUT2D eigenvalue weighted by Crippen LogP contribution is -2.39. The van der Waals surface area contributed by atoms with E-state index < -0.39 is 6.10 Å². The van der Waals surface area contributed by atoms with Crippen molar-refractivity contribution in [2.24, 2.45) is 5.16 Å². The van der Waals surface area contributed by atoms with Crippen LogP contribution < -0.4 is 10.6 Å². The van der Waals surface area contributed by atoms with Gasteiger partial charge in [-0.3, -0.25) is 9.59 Å². The van der Waals surface area contributed by atoms with Crippen molar-refractivity contribution >= 4 is 17.5 Å². The second kappa shape index (κ2) is 7.61. The van der Waals surface area contributed by atoms with Crippen LogP contribution in [0.5, 0.6) is 0 Å². The number of furan rings is 1. The molecule has 0 saturated carbocycles. The Morgan fingerprint density at radius 2 is 2.04 bits per heavy atom. The first-order valence-corrected chi connectivity index (χ1v) is 7.71. The van der Waals surface area contributed by atoms with Crippen molar-refractivity contribution in [3.8, 4) is 0 Å². The molecule has 0 fully saturated rings. The Morgan fingerprint density at radius 3 is 2.80 bits per heavy atom. The molecule has 1 aromatic carbocycles. The van der Waals surface area contributed by atoms with Gasteiger partial charge in [0.05, 0.1) is 12.0 Å². The predicted molar refractivity (Wildman–Crippen MR) is 86.5 cm³/mol. The van der Waals surface area contributed by atoms with Crippen molar-refractivity contribution in [3.63, 3.8) is 0 Å². The number of carbonyl (C=O) groups is 2. The van der Waals surface area contributed by atoms with Crippen LogP contribution in [0.4, 0.5) is 4.39 Å². The number of benzene rings is 1. The topological polar surface area (TPSA) is 92.9 Å². The lowest BCUT2D eigenvalue weighted by molar-refractivity contribution is -0.131. The molecular formula is C17H16FN3O4. The van der Waals surface area contributed by atoms with Gasteiger partial charge >= 0.3 is 0 Å². The average molecular weight is 345 g/mol. The molecule has 8 heteroatoms. The monoisotopic (exact) mass is 345 g/mol. The van der Waals surface area contributed by atoms with Crippen LogP contribution in [-0.4, -0.2) is 36.7 Å². The number of carbonyl (C=O) groups excluding carboxylic acids is 2. The number of nitrogens with zero attached hydrogens (tertiary/aromatic N) is 1. The minimum Gasteiger partial charge on any atom is -0.459 e. The van der Waals surface area contributed by atoms with Crippen molar-refractivity contribution in [3.05, 3.63) is 59.8 Å². The Kier molecular flexibility index (Phi) is 5.08. The third-order valence-electron chi connectivity index (χ3n) is 3.57. The van der Waals surface area contributed by atoms with Crippen molar-refractivity contribution in [1.82, 2.24) is 10.6 Å². The molecule has 1 unspecified atom stereocenters. The molecule has 2 aromatic rings. The zero-order chi connectivity index (χ0) is 17.6. The normalized spacial score (nSPS) is 16.0. The molecule has 2 N–H and O–H groups in total. The van der Waals surface area contributed by atoms with Gasteiger partial charge in [-0.25, -0.2) is 4.39 Å². The molecule has 2 amide bonds. The molecule has 0 aliphatic carbocycles. The minimum absolute atomic E-state index is 0.207. The van der Waals surface area contributed by atoms with E-state index in [1.165, 1.54) is 18.4 Å². The summed E-state index contributed by atoms with van der Waals surface area (Å²) in [7, 11) is 0. The highest BCUT2D eigenvalue weighted by molar-refractivity contribution is 6.04. The van der Waals surface area contributed by atoms with Crippen LogP contribution in [0.2, 0.25) is 0 Å². The van der Waals surface area contributed by atoms with Crippen LogP contribution in [0.3, 0.4) is 0 Å². The number of rotatable bonds is 6. The molecule has 0 spiro atoms. The third kappa shape index (κ3) is 4.23. The van der Waals surface area contributed by atoms with Gasteiger partial charge in [0.1, 0.15) is 5.82 Å².